The minimum atomic E-state index is 0.839. The van der Waals surface area contributed by atoms with Crippen LogP contribution in [-0.4, -0.2) is 9.55 Å². The van der Waals surface area contributed by atoms with Crippen LogP contribution in [0.2, 0.25) is 0 Å². The van der Waals surface area contributed by atoms with Gasteiger partial charge in [0.2, 0.25) is 0 Å². The van der Waals surface area contributed by atoms with Crippen molar-refractivity contribution in [3.63, 3.8) is 0 Å². The van der Waals surface area contributed by atoms with Crippen molar-refractivity contribution in [1.29, 1.82) is 0 Å². The van der Waals surface area contributed by atoms with Crippen molar-refractivity contribution in [2.75, 3.05) is 0 Å². The third-order valence-electron chi connectivity index (χ3n) is 2.16. The van der Waals surface area contributed by atoms with Crippen molar-refractivity contribution >= 4 is 34.0 Å². The molecule has 3 nitrogen and oxygen atoms in total. The van der Waals surface area contributed by atoms with E-state index in [1.807, 2.05) is 55.2 Å². The Morgan fingerprint density at radius 2 is 2.23 bits per heavy atom. The Kier molecular flexibility index (Phi) is 2.15. The van der Waals surface area contributed by atoms with E-state index in [4.69, 9.17) is 3.07 Å². The molecular formula is C9H9IN2O. The predicted molar refractivity (Wildman–Crippen MR) is 60.1 cm³/mol. The minimum absolute atomic E-state index is 0.839. The SMILES string of the molecule is Cc1nc2cc(OI)ccc2n1C. The third-order valence-corrected chi connectivity index (χ3v) is 2.67. The van der Waals surface area contributed by atoms with E-state index in [-0.39, 0.29) is 0 Å². The summed E-state index contributed by atoms with van der Waals surface area (Å²) in [5.41, 5.74) is 2.11. The molecule has 2 aromatic rings. The van der Waals surface area contributed by atoms with E-state index < -0.39 is 0 Å². The van der Waals surface area contributed by atoms with Crippen LogP contribution in [0.15, 0.2) is 18.2 Å². The van der Waals surface area contributed by atoms with Crippen molar-refractivity contribution in [3.05, 3.63) is 24.0 Å². The van der Waals surface area contributed by atoms with Crippen LogP contribution < -0.4 is 3.07 Å². The third kappa shape index (κ3) is 1.39. The zero-order valence-electron chi connectivity index (χ0n) is 7.41. The van der Waals surface area contributed by atoms with Gasteiger partial charge in [0.15, 0.2) is 23.0 Å². The number of aromatic nitrogens is 2. The second-order valence-electron chi connectivity index (χ2n) is 2.95. The van der Waals surface area contributed by atoms with Gasteiger partial charge in [0.1, 0.15) is 11.6 Å². The summed E-state index contributed by atoms with van der Waals surface area (Å²) in [5.74, 6) is 1.85. The number of hydrogen-bond acceptors (Lipinski definition) is 2. The van der Waals surface area contributed by atoms with Gasteiger partial charge in [-0.05, 0) is 19.1 Å². The predicted octanol–water partition coefficient (Wildman–Crippen LogP) is 2.61. The lowest BCUT2D eigenvalue weighted by Gasteiger charge is -1.97. The van der Waals surface area contributed by atoms with E-state index in [1.165, 1.54) is 0 Å². The molecule has 13 heavy (non-hydrogen) atoms. The summed E-state index contributed by atoms with van der Waals surface area (Å²) in [6.45, 7) is 1.99. The molecule has 0 fully saturated rings. The summed E-state index contributed by atoms with van der Waals surface area (Å²) < 4.78 is 7.15. The number of halogens is 1. The lowest BCUT2D eigenvalue weighted by molar-refractivity contribution is 0.718. The maximum Gasteiger partial charge on any atom is 0.192 e. The van der Waals surface area contributed by atoms with E-state index in [1.54, 1.807) is 0 Å². The van der Waals surface area contributed by atoms with Crippen LogP contribution >= 0.6 is 23.0 Å². The Labute approximate surface area is 90.4 Å². The van der Waals surface area contributed by atoms with Gasteiger partial charge in [-0.3, -0.25) is 0 Å². The van der Waals surface area contributed by atoms with Crippen molar-refractivity contribution < 1.29 is 3.07 Å². The van der Waals surface area contributed by atoms with Crippen LogP contribution in [0.1, 0.15) is 5.82 Å². The van der Waals surface area contributed by atoms with Gasteiger partial charge in [0.25, 0.3) is 0 Å². The van der Waals surface area contributed by atoms with Crippen LogP contribution in [0, 0.1) is 6.92 Å². The number of fused-ring (bicyclic) bond motifs is 1. The zero-order valence-corrected chi connectivity index (χ0v) is 9.57. The van der Waals surface area contributed by atoms with Crippen molar-refractivity contribution in [3.8, 4) is 5.75 Å². The summed E-state index contributed by atoms with van der Waals surface area (Å²) in [6, 6.07) is 5.90. The Morgan fingerprint density at radius 1 is 1.46 bits per heavy atom. The Balaban J connectivity index is 2.73. The molecule has 0 saturated heterocycles. The number of rotatable bonds is 1. The largest absolute Gasteiger partial charge is 0.428 e. The number of imidazole rings is 1. The van der Waals surface area contributed by atoms with Crippen molar-refractivity contribution in [2.24, 2.45) is 7.05 Å². The highest BCUT2D eigenvalue weighted by Gasteiger charge is 2.04. The minimum Gasteiger partial charge on any atom is -0.428 e. The molecule has 0 amide bonds. The molecule has 0 N–H and O–H groups in total. The number of benzene rings is 1. The smallest absolute Gasteiger partial charge is 0.192 e. The van der Waals surface area contributed by atoms with Crippen LogP contribution in [0.25, 0.3) is 11.0 Å². The molecule has 1 aromatic carbocycles. The molecule has 68 valence electrons. The van der Waals surface area contributed by atoms with Gasteiger partial charge in [-0.2, -0.15) is 0 Å². The molecule has 0 atom stereocenters. The standard InChI is InChI=1S/C9H9IN2O/c1-6-11-8-5-7(13-10)3-4-9(8)12(6)2/h3-5H,1-2H3. The monoisotopic (exact) mass is 288 g/mol. The van der Waals surface area contributed by atoms with E-state index >= 15 is 0 Å². The first-order valence-corrected chi connectivity index (χ1v) is 4.82. The molecule has 0 saturated carbocycles. The molecule has 0 bridgehead atoms. The molecule has 4 heteroatoms. The second kappa shape index (κ2) is 3.17. The molecule has 2 rings (SSSR count). The molecule has 0 aliphatic carbocycles. The Bertz CT molecular complexity index is 450. The lowest BCUT2D eigenvalue weighted by Crippen LogP contribution is -1.89. The fourth-order valence-electron chi connectivity index (χ4n) is 1.35. The number of aryl methyl sites for hydroxylation is 2. The Morgan fingerprint density at radius 3 is 2.92 bits per heavy atom. The quantitative estimate of drug-likeness (QED) is 0.754. The van der Waals surface area contributed by atoms with E-state index in [0.717, 1.165) is 22.6 Å². The molecule has 1 aromatic heterocycles. The topological polar surface area (TPSA) is 27.1 Å². The summed E-state index contributed by atoms with van der Waals surface area (Å²) in [4.78, 5) is 4.40. The molecular weight excluding hydrogens is 279 g/mol. The first kappa shape index (κ1) is 8.80. The summed E-state index contributed by atoms with van der Waals surface area (Å²) in [6.07, 6.45) is 0. The van der Waals surface area contributed by atoms with Crippen LogP contribution in [0.4, 0.5) is 0 Å². The first-order chi connectivity index (χ1) is 6.22. The van der Waals surface area contributed by atoms with Gasteiger partial charge < -0.3 is 7.63 Å². The van der Waals surface area contributed by atoms with Crippen LogP contribution in [0.5, 0.6) is 5.75 Å². The highest BCUT2D eigenvalue weighted by atomic mass is 127. The fraction of sp³-hybridized carbons (Fsp3) is 0.222. The number of hydrogen-bond donors (Lipinski definition) is 0. The van der Waals surface area contributed by atoms with Crippen LogP contribution in [0.3, 0.4) is 0 Å². The first-order valence-electron chi connectivity index (χ1n) is 3.94. The number of nitrogens with zero attached hydrogens (tertiary/aromatic N) is 2. The molecule has 0 aliphatic rings. The highest BCUT2D eigenvalue weighted by Crippen LogP contribution is 2.21. The maximum atomic E-state index is 5.09. The van der Waals surface area contributed by atoms with Crippen molar-refractivity contribution in [2.45, 2.75) is 6.92 Å². The Hall–Kier alpha value is -0.780. The summed E-state index contributed by atoms with van der Waals surface area (Å²) in [7, 11) is 2.01. The normalized spacial score (nSPS) is 10.7. The molecule has 0 aliphatic heterocycles. The highest BCUT2D eigenvalue weighted by molar-refractivity contribution is 14.1. The van der Waals surface area contributed by atoms with Gasteiger partial charge in [-0.25, -0.2) is 4.98 Å². The van der Waals surface area contributed by atoms with E-state index in [0.29, 0.717) is 0 Å². The van der Waals surface area contributed by atoms with Gasteiger partial charge in [0, 0.05) is 13.1 Å². The lowest BCUT2D eigenvalue weighted by atomic mass is 10.3. The van der Waals surface area contributed by atoms with Gasteiger partial charge in [-0.1, -0.05) is 0 Å². The second-order valence-corrected chi connectivity index (χ2v) is 3.39. The molecule has 0 radical (unpaired) electrons. The molecule has 0 spiro atoms. The fourth-order valence-corrected chi connectivity index (χ4v) is 1.62. The average molecular weight is 288 g/mol. The van der Waals surface area contributed by atoms with E-state index in [9.17, 15) is 0 Å². The van der Waals surface area contributed by atoms with Crippen LogP contribution in [-0.2, 0) is 7.05 Å². The maximum absolute atomic E-state index is 5.09. The van der Waals surface area contributed by atoms with Gasteiger partial charge in [-0.15, -0.1) is 0 Å². The van der Waals surface area contributed by atoms with Gasteiger partial charge >= 0.3 is 0 Å². The summed E-state index contributed by atoms with van der Waals surface area (Å²) in [5, 5.41) is 0. The zero-order chi connectivity index (χ0) is 9.42. The van der Waals surface area contributed by atoms with E-state index in [2.05, 4.69) is 9.55 Å². The molecule has 1 heterocycles. The van der Waals surface area contributed by atoms with Gasteiger partial charge in [0.05, 0.1) is 11.0 Å². The van der Waals surface area contributed by atoms with Crippen molar-refractivity contribution in [1.82, 2.24) is 9.55 Å². The molecule has 0 unspecified atom stereocenters. The summed E-state index contributed by atoms with van der Waals surface area (Å²) >= 11 is 1.87. The average Bonchev–Trinajstić information content (AvgIpc) is 2.42.